The molecule has 1 saturated heterocycles. The van der Waals surface area contributed by atoms with Crippen LogP contribution in [0.1, 0.15) is 37.0 Å². The Kier molecular flexibility index (Phi) is 6.07. The van der Waals surface area contributed by atoms with Gasteiger partial charge in [0.15, 0.2) is 0 Å². The number of carbonyl (C=O) groups is 1. The number of benzene rings is 1. The molecule has 0 spiro atoms. The van der Waals surface area contributed by atoms with Crippen molar-refractivity contribution in [2.24, 2.45) is 0 Å². The SMILES string of the molecule is CCOc1ccc(Nc2ncccc2C(=O)NC(C)C2CCCO2)cc1. The minimum Gasteiger partial charge on any atom is -0.494 e. The van der Waals surface area contributed by atoms with Gasteiger partial charge in [0.2, 0.25) is 0 Å². The third-order valence-corrected chi connectivity index (χ3v) is 4.36. The highest BCUT2D eigenvalue weighted by atomic mass is 16.5. The van der Waals surface area contributed by atoms with Gasteiger partial charge in [-0.25, -0.2) is 4.98 Å². The van der Waals surface area contributed by atoms with Crippen molar-refractivity contribution < 1.29 is 14.3 Å². The van der Waals surface area contributed by atoms with E-state index in [2.05, 4.69) is 15.6 Å². The van der Waals surface area contributed by atoms with E-state index in [0.717, 1.165) is 30.9 Å². The summed E-state index contributed by atoms with van der Waals surface area (Å²) >= 11 is 0. The molecule has 3 rings (SSSR count). The van der Waals surface area contributed by atoms with E-state index in [4.69, 9.17) is 9.47 Å². The molecule has 2 unspecified atom stereocenters. The van der Waals surface area contributed by atoms with Crippen LogP contribution < -0.4 is 15.4 Å². The van der Waals surface area contributed by atoms with E-state index in [1.54, 1.807) is 18.3 Å². The predicted octanol–water partition coefficient (Wildman–Crippen LogP) is 3.52. The Bertz CT molecular complexity index is 727. The Balaban J connectivity index is 1.69. The molecule has 2 aromatic rings. The van der Waals surface area contributed by atoms with Crippen molar-refractivity contribution in [3.63, 3.8) is 0 Å². The number of ether oxygens (including phenoxy) is 2. The number of pyridine rings is 1. The van der Waals surface area contributed by atoms with Gasteiger partial charge in [-0.15, -0.1) is 0 Å². The van der Waals surface area contributed by atoms with Crippen LogP contribution in [0.15, 0.2) is 42.6 Å². The number of aromatic nitrogens is 1. The van der Waals surface area contributed by atoms with Gasteiger partial charge >= 0.3 is 0 Å². The first-order chi connectivity index (χ1) is 12.7. The number of carbonyl (C=O) groups excluding carboxylic acids is 1. The summed E-state index contributed by atoms with van der Waals surface area (Å²) in [4.78, 5) is 17.0. The van der Waals surface area contributed by atoms with Gasteiger partial charge in [0.05, 0.1) is 24.3 Å². The molecule has 0 bridgehead atoms. The first-order valence-electron chi connectivity index (χ1n) is 9.04. The number of nitrogens with zero attached hydrogens (tertiary/aromatic N) is 1. The largest absolute Gasteiger partial charge is 0.494 e. The zero-order chi connectivity index (χ0) is 18.4. The van der Waals surface area contributed by atoms with Crippen molar-refractivity contribution >= 4 is 17.4 Å². The van der Waals surface area contributed by atoms with Crippen molar-refractivity contribution in [1.29, 1.82) is 0 Å². The zero-order valence-electron chi connectivity index (χ0n) is 15.2. The number of nitrogens with one attached hydrogen (secondary N) is 2. The van der Waals surface area contributed by atoms with Crippen LogP contribution in [0.3, 0.4) is 0 Å². The molecule has 2 heterocycles. The van der Waals surface area contributed by atoms with E-state index < -0.39 is 0 Å². The molecule has 1 amide bonds. The normalized spacial score (nSPS) is 17.5. The molecule has 1 aliphatic rings. The van der Waals surface area contributed by atoms with E-state index in [9.17, 15) is 4.79 Å². The topological polar surface area (TPSA) is 72.5 Å². The van der Waals surface area contributed by atoms with Crippen LogP contribution >= 0.6 is 0 Å². The van der Waals surface area contributed by atoms with Crippen LogP contribution in [0, 0.1) is 0 Å². The third-order valence-electron chi connectivity index (χ3n) is 4.36. The van der Waals surface area contributed by atoms with Gasteiger partial charge in [0.25, 0.3) is 5.91 Å². The second-order valence-corrected chi connectivity index (χ2v) is 6.30. The van der Waals surface area contributed by atoms with Crippen molar-refractivity contribution in [2.75, 3.05) is 18.5 Å². The lowest BCUT2D eigenvalue weighted by molar-refractivity contribution is 0.0712. The standard InChI is InChI=1S/C20H25N3O3/c1-3-25-16-10-8-15(9-11-16)23-19-17(6-4-12-21-19)20(24)22-14(2)18-7-5-13-26-18/h4,6,8-12,14,18H,3,5,7,13H2,1-2H3,(H,21,23)(H,22,24). The lowest BCUT2D eigenvalue weighted by Crippen LogP contribution is -2.41. The molecule has 0 radical (unpaired) electrons. The molecule has 0 aliphatic carbocycles. The first-order valence-corrected chi connectivity index (χ1v) is 9.04. The molecule has 6 heteroatoms. The summed E-state index contributed by atoms with van der Waals surface area (Å²) in [6, 6.07) is 11.1. The Morgan fingerprint density at radius 1 is 1.35 bits per heavy atom. The molecule has 1 fully saturated rings. The maximum absolute atomic E-state index is 12.7. The fraction of sp³-hybridized carbons (Fsp3) is 0.400. The van der Waals surface area contributed by atoms with E-state index in [-0.39, 0.29) is 18.1 Å². The van der Waals surface area contributed by atoms with Crippen molar-refractivity contribution in [3.8, 4) is 5.75 Å². The molecular weight excluding hydrogens is 330 g/mol. The summed E-state index contributed by atoms with van der Waals surface area (Å²) in [5.41, 5.74) is 1.35. The highest BCUT2D eigenvalue weighted by Crippen LogP contribution is 2.22. The average molecular weight is 355 g/mol. The summed E-state index contributed by atoms with van der Waals surface area (Å²) in [5, 5.41) is 6.23. The van der Waals surface area contributed by atoms with E-state index >= 15 is 0 Å². The van der Waals surface area contributed by atoms with Crippen molar-refractivity contribution in [2.45, 2.75) is 38.8 Å². The van der Waals surface area contributed by atoms with Crippen LogP contribution in [0.2, 0.25) is 0 Å². The molecule has 6 nitrogen and oxygen atoms in total. The first kappa shape index (κ1) is 18.2. The Morgan fingerprint density at radius 3 is 2.85 bits per heavy atom. The Labute approximate surface area is 153 Å². The number of hydrogen-bond donors (Lipinski definition) is 2. The molecule has 1 aliphatic heterocycles. The van der Waals surface area contributed by atoms with Gasteiger partial charge < -0.3 is 20.1 Å². The van der Waals surface area contributed by atoms with Gasteiger partial charge in [0.1, 0.15) is 11.6 Å². The van der Waals surface area contributed by atoms with Gasteiger partial charge in [-0.05, 0) is 63.1 Å². The van der Waals surface area contributed by atoms with Gasteiger partial charge in [-0.1, -0.05) is 0 Å². The van der Waals surface area contributed by atoms with E-state index in [0.29, 0.717) is 18.0 Å². The summed E-state index contributed by atoms with van der Waals surface area (Å²) in [5.74, 6) is 1.17. The van der Waals surface area contributed by atoms with Gasteiger partial charge in [-0.3, -0.25) is 4.79 Å². The summed E-state index contributed by atoms with van der Waals surface area (Å²) in [7, 11) is 0. The Hall–Kier alpha value is -2.60. The van der Waals surface area contributed by atoms with Gasteiger partial charge in [0, 0.05) is 18.5 Å². The fourth-order valence-corrected chi connectivity index (χ4v) is 3.00. The zero-order valence-corrected chi connectivity index (χ0v) is 15.2. The number of anilines is 2. The summed E-state index contributed by atoms with van der Waals surface area (Å²) < 4.78 is 11.1. The summed E-state index contributed by atoms with van der Waals surface area (Å²) in [6.07, 6.45) is 3.77. The fourth-order valence-electron chi connectivity index (χ4n) is 3.00. The summed E-state index contributed by atoms with van der Waals surface area (Å²) in [6.45, 7) is 5.31. The average Bonchev–Trinajstić information content (AvgIpc) is 3.19. The Morgan fingerprint density at radius 2 is 2.15 bits per heavy atom. The minimum atomic E-state index is -0.158. The maximum atomic E-state index is 12.7. The van der Waals surface area contributed by atoms with Crippen LogP contribution in [0.25, 0.3) is 0 Å². The van der Waals surface area contributed by atoms with Crippen LogP contribution in [0.4, 0.5) is 11.5 Å². The molecule has 2 atom stereocenters. The van der Waals surface area contributed by atoms with Crippen molar-refractivity contribution in [3.05, 3.63) is 48.2 Å². The molecule has 138 valence electrons. The number of hydrogen-bond acceptors (Lipinski definition) is 5. The molecule has 1 aromatic heterocycles. The third kappa shape index (κ3) is 4.52. The highest BCUT2D eigenvalue weighted by Gasteiger charge is 2.24. The molecule has 1 aromatic carbocycles. The molecular formula is C20H25N3O3. The highest BCUT2D eigenvalue weighted by molar-refractivity contribution is 5.99. The van der Waals surface area contributed by atoms with Gasteiger partial charge in [-0.2, -0.15) is 0 Å². The van der Waals surface area contributed by atoms with Crippen LogP contribution in [-0.2, 0) is 4.74 Å². The molecule has 0 saturated carbocycles. The van der Waals surface area contributed by atoms with E-state index in [1.807, 2.05) is 38.1 Å². The molecule has 26 heavy (non-hydrogen) atoms. The quantitative estimate of drug-likeness (QED) is 0.795. The second-order valence-electron chi connectivity index (χ2n) is 6.30. The predicted molar refractivity (Wildman–Crippen MR) is 101 cm³/mol. The van der Waals surface area contributed by atoms with Crippen molar-refractivity contribution in [1.82, 2.24) is 10.3 Å². The lowest BCUT2D eigenvalue weighted by Gasteiger charge is -2.20. The maximum Gasteiger partial charge on any atom is 0.255 e. The number of rotatable bonds is 7. The second kappa shape index (κ2) is 8.67. The molecule has 2 N–H and O–H groups in total. The number of amides is 1. The lowest BCUT2D eigenvalue weighted by atomic mass is 10.1. The van der Waals surface area contributed by atoms with E-state index in [1.165, 1.54) is 0 Å². The monoisotopic (exact) mass is 355 g/mol. The van der Waals surface area contributed by atoms with Crippen LogP contribution in [0.5, 0.6) is 5.75 Å². The smallest absolute Gasteiger partial charge is 0.255 e. The minimum absolute atomic E-state index is 0.0384. The van der Waals surface area contributed by atoms with Crippen LogP contribution in [-0.4, -0.2) is 36.3 Å².